The van der Waals surface area contributed by atoms with Crippen LogP contribution >= 0.6 is 0 Å². The van der Waals surface area contributed by atoms with Crippen molar-refractivity contribution in [2.75, 3.05) is 31.8 Å². The molecule has 0 unspecified atom stereocenters. The second-order valence-electron chi connectivity index (χ2n) is 6.86. The molecule has 0 radical (unpaired) electrons. The molecule has 5 nitrogen and oxygen atoms in total. The van der Waals surface area contributed by atoms with Gasteiger partial charge >= 0.3 is 0 Å². The minimum Gasteiger partial charge on any atom is -0.497 e. The Morgan fingerprint density at radius 2 is 1.92 bits per heavy atom. The van der Waals surface area contributed by atoms with Crippen molar-refractivity contribution in [1.29, 1.82) is 0 Å². The van der Waals surface area contributed by atoms with E-state index in [1.165, 1.54) is 12.8 Å². The van der Waals surface area contributed by atoms with Crippen LogP contribution in [0.1, 0.15) is 32.6 Å². The molecule has 1 aliphatic heterocycles. The van der Waals surface area contributed by atoms with Gasteiger partial charge in [-0.25, -0.2) is 0 Å². The monoisotopic (exact) mass is 332 g/mol. The molecule has 1 saturated carbocycles. The van der Waals surface area contributed by atoms with E-state index in [4.69, 9.17) is 9.47 Å². The molecule has 132 valence electrons. The Morgan fingerprint density at radius 3 is 2.50 bits per heavy atom. The molecular formula is C19H28N2O3. The zero-order valence-corrected chi connectivity index (χ0v) is 14.7. The second-order valence-corrected chi connectivity index (χ2v) is 6.86. The fourth-order valence-corrected chi connectivity index (χ4v) is 3.35. The van der Waals surface area contributed by atoms with Crippen molar-refractivity contribution < 1.29 is 14.3 Å². The summed E-state index contributed by atoms with van der Waals surface area (Å²) in [7, 11) is 1.67. The third-order valence-corrected chi connectivity index (χ3v) is 5.10. The van der Waals surface area contributed by atoms with Gasteiger partial charge in [0.05, 0.1) is 13.7 Å². The number of methoxy groups -OCH3 is 1. The third-order valence-electron chi connectivity index (χ3n) is 5.10. The van der Waals surface area contributed by atoms with E-state index in [0.29, 0.717) is 18.5 Å². The van der Waals surface area contributed by atoms with Crippen LogP contribution in [0.4, 0.5) is 5.69 Å². The quantitative estimate of drug-likeness (QED) is 0.834. The maximum Gasteiger partial charge on any atom is 0.239 e. The number of benzene rings is 1. The topological polar surface area (TPSA) is 50.8 Å². The van der Waals surface area contributed by atoms with Crippen molar-refractivity contribution >= 4 is 11.6 Å². The normalized spacial score (nSPS) is 19.6. The predicted molar refractivity (Wildman–Crippen MR) is 94.5 cm³/mol. The van der Waals surface area contributed by atoms with Crippen LogP contribution in [-0.4, -0.2) is 44.9 Å². The van der Waals surface area contributed by atoms with Crippen LogP contribution in [-0.2, 0) is 9.53 Å². The summed E-state index contributed by atoms with van der Waals surface area (Å²) in [6, 6.07) is 8.62. The van der Waals surface area contributed by atoms with Crippen molar-refractivity contribution in [3.8, 4) is 5.75 Å². The van der Waals surface area contributed by atoms with Crippen molar-refractivity contribution in [1.82, 2.24) is 5.32 Å². The van der Waals surface area contributed by atoms with E-state index in [0.717, 1.165) is 37.5 Å². The minimum absolute atomic E-state index is 0.102. The Kier molecular flexibility index (Phi) is 5.61. The summed E-state index contributed by atoms with van der Waals surface area (Å²) in [5.74, 6) is 1.64. The highest BCUT2D eigenvalue weighted by atomic mass is 16.5. The van der Waals surface area contributed by atoms with Gasteiger partial charge in [-0.3, -0.25) is 4.79 Å². The van der Waals surface area contributed by atoms with Crippen LogP contribution in [0.5, 0.6) is 5.75 Å². The van der Waals surface area contributed by atoms with E-state index in [1.54, 1.807) is 7.11 Å². The van der Waals surface area contributed by atoms with Crippen LogP contribution in [0.2, 0.25) is 0 Å². The molecule has 1 N–H and O–H groups in total. The Labute approximate surface area is 144 Å². The molecule has 0 aromatic heterocycles. The lowest BCUT2D eigenvalue weighted by atomic mass is 10.1. The number of anilines is 1. The highest BCUT2D eigenvalue weighted by Crippen LogP contribution is 2.37. The fourth-order valence-electron chi connectivity index (χ4n) is 3.35. The molecule has 3 rings (SSSR count). The van der Waals surface area contributed by atoms with Gasteiger partial charge in [-0.2, -0.15) is 0 Å². The first-order valence-electron chi connectivity index (χ1n) is 8.95. The van der Waals surface area contributed by atoms with Gasteiger partial charge in [-0.15, -0.1) is 0 Å². The highest BCUT2D eigenvalue weighted by molar-refractivity contribution is 5.81. The molecule has 2 aliphatic rings. The maximum atomic E-state index is 12.5. The first kappa shape index (κ1) is 17.1. The minimum atomic E-state index is 0.102. The average Bonchev–Trinajstić information content (AvgIpc) is 3.45. The number of carbonyl (C=O) groups is 1. The number of ether oxygens (including phenoxy) is 2. The molecule has 2 fully saturated rings. The average molecular weight is 332 g/mol. The fraction of sp³-hybridized carbons (Fsp3) is 0.632. The standard InChI is InChI=1S/C19H28N2O3/c1-14(15-3-4-15)21(17-5-7-18(23-2)8-6-17)13-19(22)20-16-9-11-24-12-10-16/h5-8,14-16H,3-4,9-13H2,1-2H3,(H,20,22)/t14-/m0/s1. The lowest BCUT2D eigenvalue weighted by molar-refractivity contribution is -0.121. The van der Waals surface area contributed by atoms with Gasteiger partial charge in [-0.1, -0.05) is 0 Å². The summed E-state index contributed by atoms with van der Waals surface area (Å²) in [4.78, 5) is 14.8. The second kappa shape index (κ2) is 7.88. The summed E-state index contributed by atoms with van der Waals surface area (Å²) in [5.41, 5.74) is 1.08. The first-order chi connectivity index (χ1) is 11.7. The van der Waals surface area contributed by atoms with E-state index >= 15 is 0 Å². The molecular weight excluding hydrogens is 304 g/mol. The smallest absolute Gasteiger partial charge is 0.239 e. The SMILES string of the molecule is COc1ccc(N(CC(=O)NC2CCOCC2)[C@@H](C)C2CC2)cc1. The summed E-state index contributed by atoms with van der Waals surface area (Å²) >= 11 is 0. The molecule has 24 heavy (non-hydrogen) atoms. The van der Waals surface area contributed by atoms with E-state index in [-0.39, 0.29) is 11.9 Å². The largest absolute Gasteiger partial charge is 0.497 e. The van der Waals surface area contributed by atoms with Crippen LogP contribution in [0, 0.1) is 5.92 Å². The number of rotatable bonds is 7. The van der Waals surface area contributed by atoms with Gasteiger partial charge in [-0.05, 0) is 62.8 Å². The number of carbonyl (C=O) groups excluding carboxylic acids is 1. The molecule has 1 aromatic rings. The van der Waals surface area contributed by atoms with Crippen molar-refractivity contribution in [2.45, 2.75) is 44.7 Å². The summed E-state index contributed by atoms with van der Waals surface area (Å²) in [6.45, 7) is 4.11. The van der Waals surface area contributed by atoms with Gasteiger partial charge in [0, 0.05) is 31.0 Å². The van der Waals surface area contributed by atoms with Crippen molar-refractivity contribution in [2.24, 2.45) is 5.92 Å². The summed E-state index contributed by atoms with van der Waals surface area (Å²) < 4.78 is 10.6. The Morgan fingerprint density at radius 1 is 1.25 bits per heavy atom. The lowest BCUT2D eigenvalue weighted by Gasteiger charge is -2.32. The van der Waals surface area contributed by atoms with Gasteiger partial charge in [0.1, 0.15) is 5.75 Å². The zero-order valence-electron chi connectivity index (χ0n) is 14.7. The Bertz CT molecular complexity index is 536. The number of nitrogens with zero attached hydrogens (tertiary/aromatic N) is 1. The van der Waals surface area contributed by atoms with Gasteiger partial charge in [0.25, 0.3) is 0 Å². The molecule has 1 aliphatic carbocycles. The van der Waals surface area contributed by atoms with Crippen LogP contribution in [0.15, 0.2) is 24.3 Å². The van der Waals surface area contributed by atoms with Crippen molar-refractivity contribution in [3.05, 3.63) is 24.3 Å². The van der Waals surface area contributed by atoms with Crippen molar-refractivity contribution in [3.63, 3.8) is 0 Å². The number of nitrogens with one attached hydrogen (secondary N) is 1. The molecule has 0 bridgehead atoms. The third kappa shape index (κ3) is 4.41. The van der Waals surface area contributed by atoms with E-state index in [2.05, 4.69) is 17.1 Å². The number of hydrogen-bond donors (Lipinski definition) is 1. The Hall–Kier alpha value is -1.75. The van der Waals surface area contributed by atoms with Gasteiger partial charge in [0.15, 0.2) is 0 Å². The molecule has 1 aromatic carbocycles. The number of amides is 1. The Balaban J connectivity index is 1.65. The molecule has 1 amide bonds. The molecule has 1 heterocycles. The molecule has 0 spiro atoms. The van der Waals surface area contributed by atoms with Crippen LogP contribution in [0.3, 0.4) is 0 Å². The van der Waals surface area contributed by atoms with E-state index < -0.39 is 0 Å². The summed E-state index contributed by atoms with van der Waals surface area (Å²) in [5, 5.41) is 3.17. The van der Waals surface area contributed by atoms with E-state index in [9.17, 15) is 4.79 Å². The van der Waals surface area contributed by atoms with Crippen LogP contribution < -0.4 is 15.0 Å². The maximum absolute atomic E-state index is 12.5. The first-order valence-corrected chi connectivity index (χ1v) is 8.95. The van der Waals surface area contributed by atoms with E-state index in [1.807, 2.05) is 24.3 Å². The number of hydrogen-bond acceptors (Lipinski definition) is 4. The molecule has 1 atom stereocenters. The summed E-state index contributed by atoms with van der Waals surface area (Å²) in [6.07, 6.45) is 4.34. The lowest BCUT2D eigenvalue weighted by Crippen LogP contribution is -2.47. The highest BCUT2D eigenvalue weighted by Gasteiger charge is 2.33. The molecule has 5 heteroatoms. The predicted octanol–water partition coefficient (Wildman–Crippen LogP) is 2.60. The van der Waals surface area contributed by atoms with Crippen LogP contribution in [0.25, 0.3) is 0 Å². The van der Waals surface area contributed by atoms with Gasteiger partial charge in [0.2, 0.25) is 5.91 Å². The molecule has 1 saturated heterocycles. The zero-order chi connectivity index (χ0) is 16.9. The van der Waals surface area contributed by atoms with Gasteiger partial charge < -0.3 is 19.7 Å².